The Morgan fingerprint density at radius 1 is 1.69 bits per heavy atom. The van der Waals surface area contributed by atoms with Crippen molar-refractivity contribution in [3.63, 3.8) is 0 Å². The molecular weight excluding hydrogens is 228 g/mol. The van der Waals surface area contributed by atoms with Crippen molar-refractivity contribution in [3.05, 3.63) is 23.4 Å². The number of anilines is 1. The number of rotatable bonds is 3. The van der Waals surface area contributed by atoms with Crippen molar-refractivity contribution in [1.29, 1.82) is 0 Å². The number of carbonyl (C=O) groups is 2. The summed E-state index contributed by atoms with van der Waals surface area (Å²) >= 11 is 5.67. The molecule has 1 heterocycles. The molecule has 0 aliphatic heterocycles. The first-order chi connectivity index (χ1) is 7.55. The van der Waals surface area contributed by atoms with Crippen LogP contribution in [0.4, 0.5) is 5.82 Å². The Morgan fingerprint density at radius 2 is 2.44 bits per heavy atom. The molecule has 0 radical (unpaired) electrons. The van der Waals surface area contributed by atoms with Crippen LogP contribution in [0.25, 0.3) is 0 Å². The molecule has 1 fully saturated rings. The molecule has 2 rings (SSSR count). The van der Waals surface area contributed by atoms with Crippen LogP contribution in [0.1, 0.15) is 13.3 Å². The second-order valence-electron chi connectivity index (χ2n) is 4.23. The maximum absolute atomic E-state index is 11.7. The average molecular weight is 239 g/mol. The minimum Gasteiger partial charge on any atom is -0.310 e. The van der Waals surface area contributed by atoms with Crippen LogP contribution in [0.2, 0.25) is 5.02 Å². The van der Waals surface area contributed by atoms with Gasteiger partial charge in [-0.2, -0.15) is 0 Å². The van der Waals surface area contributed by atoms with Crippen LogP contribution in [-0.4, -0.2) is 17.2 Å². The fraction of sp³-hybridized carbons (Fsp3) is 0.364. The van der Waals surface area contributed by atoms with Crippen molar-refractivity contribution in [2.75, 3.05) is 5.32 Å². The van der Waals surface area contributed by atoms with Gasteiger partial charge in [-0.3, -0.25) is 4.79 Å². The second-order valence-corrected chi connectivity index (χ2v) is 4.67. The van der Waals surface area contributed by atoms with E-state index in [2.05, 4.69) is 10.3 Å². The van der Waals surface area contributed by atoms with E-state index in [1.807, 2.05) is 0 Å². The summed E-state index contributed by atoms with van der Waals surface area (Å²) in [5, 5.41) is 3.17. The Kier molecular flexibility index (Phi) is 2.68. The molecule has 1 saturated carbocycles. The third-order valence-electron chi connectivity index (χ3n) is 2.84. The normalized spacial score (nSPS) is 27.2. The number of halogens is 1. The summed E-state index contributed by atoms with van der Waals surface area (Å²) in [4.78, 5) is 26.3. The summed E-state index contributed by atoms with van der Waals surface area (Å²) in [5.74, 6) is 0.0569. The molecule has 1 aliphatic rings. The van der Waals surface area contributed by atoms with Crippen molar-refractivity contribution >= 4 is 29.6 Å². The van der Waals surface area contributed by atoms with E-state index in [1.165, 1.54) is 6.20 Å². The van der Waals surface area contributed by atoms with Crippen LogP contribution < -0.4 is 5.32 Å². The number of hydrogen-bond acceptors (Lipinski definition) is 3. The minimum atomic E-state index is -0.490. The molecule has 84 valence electrons. The first-order valence-corrected chi connectivity index (χ1v) is 5.32. The Labute approximate surface area is 98.0 Å². The zero-order valence-electron chi connectivity index (χ0n) is 8.74. The summed E-state index contributed by atoms with van der Waals surface area (Å²) in [6.45, 7) is 1.78. The summed E-state index contributed by atoms with van der Waals surface area (Å²) in [5.41, 5.74) is -0.490. The van der Waals surface area contributed by atoms with E-state index in [-0.39, 0.29) is 11.8 Å². The highest BCUT2D eigenvalue weighted by Gasteiger charge is 2.54. The van der Waals surface area contributed by atoms with E-state index < -0.39 is 5.41 Å². The standard InChI is InChI=1S/C11H11ClN2O2/c1-11(6-15)4-8(11)10(16)14-9-3-2-7(12)5-13-9/h2-3,5-6,8H,4H2,1H3,(H,13,14,16). The molecule has 0 spiro atoms. The zero-order chi connectivity index (χ0) is 11.8. The van der Waals surface area contributed by atoms with E-state index in [4.69, 9.17) is 11.6 Å². The topological polar surface area (TPSA) is 59.1 Å². The highest BCUT2D eigenvalue weighted by molar-refractivity contribution is 6.30. The molecular formula is C11H11ClN2O2. The van der Waals surface area contributed by atoms with E-state index >= 15 is 0 Å². The quantitative estimate of drug-likeness (QED) is 0.819. The molecule has 1 amide bonds. The number of aromatic nitrogens is 1. The summed E-state index contributed by atoms with van der Waals surface area (Å²) in [6.07, 6.45) is 2.91. The van der Waals surface area contributed by atoms with Crippen molar-refractivity contribution in [1.82, 2.24) is 4.98 Å². The molecule has 4 nitrogen and oxygen atoms in total. The predicted octanol–water partition coefficient (Wildman–Crippen LogP) is 1.90. The minimum absolute atomic E-state index is 0.163. The molecule has 2 unspecified atom stereocenters. The fourth-order valence-corrected chi connectivity index (χ4v) is 1.68. The number of nitrogens with one attached hydrogen (secondary N) is 1. The van der Waals surface area contributed by atoms with Crippen molar-refractivity contribution < 1.29 is 9.59 Å². The molecule has 2 atom stereocenters. The van der Waals surface area contributed by atoms with Gasteiger partial charge in [0.1, 0.15) is 12.1 Å². The Balaban J connectivity index is 1.99. The molecule has 16 heavy (non-hydrogen) atoms. The van der Waals surface area contributed by atoms with Gasteiger partial charge in [0, 0.05) is 11.6 Å². The number of nitrogens with zero attached hydrogens (tertiary/aromatic N) is 1. The third kappa shape index (κ3) is 2.07. The summed E-state index contributed by atoms with van der Waals surface area (Å²) < 4.78 is 0. The Morgan fingerprint density at radius 3 is 2.94 bits per heavy atom. The molecule has 0 bridgehead atoms. The van der Waals surface area contributed by atoms with Crippen LogP contribution in [-0.2, 0) is 9.59 Å². The smallest absolute Gasteiger partial charge is 0.229 e. The SMILES string of the molecule is CC1(C=O)CC1C(=O)Nc1ccc(Cl)cn1. The van der Waals surface area contributed by atoms with Gasteiger partial charge in [-0.1, -0.05) is 18.5 Å². The molecule has 1 aromatic rings. The van der Waals surface area contributed by atoms with Gasteiger partial charge in [0.15, 0.2) is 0 Å². The van der Waals surface area contributed by atoms with E-state index in [0.717, 1.165) is 6.29 Å². The molecule has 5 heteroatoms. The summed E-state index contributed by atoms with van der Waals surface area (Å²) in [6, 6.07) is 3.27. The average Bonchev–Trinajstić information content (AvgIpc) is 2.95. The number of carbonyl (C=O) groups excluding carboxylic acids is 2. The number of hydrogen-bond donors (Lipinski definition) is 1. The first kappa shape index (κ1) is 11.1. The van der Waals surface area contributed by atoms with Crippen LogP contribution in [0.5, 0.6) is 0 Å². The van der Waals surface area contributed by atoms with Crippen LogP contribution in [0.3, 0.4) is 0 Å². The van der Waals surface area contributed by atoms with Gasteiger partial charge < -0.3 is 10.1 Å². The molecule has 0 aromatic carbocycles. The number of pyridine rings is 1. The van der Waals surface area contributed by atoms with Crippen molar-refractivity contribution in [3.8, 4) is 0 Å². The lowest BCUT2D eigenvalue weighted by Crippen LogP contribution is -2.18. The van der Waals surface area contributed by atoms with Gasteiger partial charge in [-0.05, 0) is 18.6 Å². The molecule has 1 N–H and O–H groups in total. The lowest BCUT2D eigenvalue weighted by atomic mass is 10.1. The van der Waals surface area contributed by atoms with Gasteiger partial charge in [-0.15, -0.1) is 0 Å². The third-order valence-corrected chi connectivity index (χ3v) is 3.07. The van der Waals surface area contributed by atoms with Gasteiger partial charge in [0.25, 0.3) is 0 Å². The highest BCUT2D eigenvalue weighted by atomic mass is 35.5. The van der Waals surface area contributed by atoms with Gasteiger partial charge >= 0.3 is 0 Å². The maximum atomic E-state index is 11.7. The van der Waals surface area contributed by atoms with Crippen molar-refractivity contribution in [2.45, 2.75) is 13.3 Å². The first-order valence-electron chi connectivity index (χ1n) is 4.94. The summed E-state index contributed by atoms with van der Waals surface area (Å²) in [7, 11) is 0. The number of aldehydes is 1. The maximum Gasteiger partial charge on any atom is 0.229 e. The van der Waals surface area contributed by atoms with Crippen molar-refractivity contribution in [2.24, 2.45) is 11.3 Å². The lowest BCUT2D eigenvalue weighted by molar-refractivity contribution is -0.120. The largest absolute Gasteiger partial charge is 0.310 e. The van der Waals surface area contributed by atoms with Gasteiger partial charge in [0.05, 0.1) is 10.9 Å². The highest BCUT2D eigenvalue weighted by Crippen LogP contribution is 2.50. The van der Waals surface area contributed by atoms with E-state index in [9.17, 15) is 9.59 Å². The van der Waals surface area contributed by atoms with E-state index in [0.29, 0.717) is 17.3 Å². The second kappa shape index (κ2) is 3.87. The predicted molar refractivity (Wildman–Crippen MR) is 60.2 cm³/mol. The molecule has 0 saturated heterocycles. The lowest BCUT2D eigenvalue weighted by Gasteiger charge is -2.04. The van der Waals surface area contributed by atoms with E-state index in [1.54, 1.807) is 19.1 Å². The van der Waals surface area contributed by atoms with Crippen LogP contribution in [0.15, 0.2) is 18.3 Å². The molecule has 1 aliphatic carbocycles. The Bertz CT molecular complexity index is 432. The number of amides is 1. The monoisotopic (exact) mass is 238 g/mol. The zero-order valence-corrected chi connectivity index (χ0v) is 9.49. The van der Waals surface area contributed by atoms with Gasteiger partial charge in [-0.25, -0.2) is 4.98 Å². The van der Waals surface area contributed by atoms with Gasteiger partial charge in [0.2, 0.25) is 5.91 Å². The van der Waals surface area contributed by atoms with Crippen LogP contribution >= 0.6 is 11.6 Å². The van der Waals surface area contributed by atoms with Crippen LogP contribution in [0, 0.1) is 11.3 Å². The Hall–Kier alpha value is -1.42. The molecule has 1 aromatic heterocycles. The fourth-order valence-electron chi connectivity index (χ4n) is 1.57.